The molecule has 2 aromatic carbocycles. The molecule has 0 saturated carbocycles. The second-order valence-electron chi connectivity index (χ2n) is 5.30. The molecule has 3 heteroatoms. The Hall–Kier alpha value is -1.79. The van der Waals surface area contributed by atoms with Crippen LogP contribution in [0.2, 0.25) is 0 Å². The molecule has 2 rings (SSSR count). The largest absolute Gasteiger partial charge is 0.364 e. The molecular weight excluding hydrogens is 324 g/mol. The number of anilines is 1. The van der Waals surface area contributed by atoms with Crippen molar-refractivity contribution in [3.05, 3.63) is 65.2 Å². The van der Waals surface area contributed by atoms with Crippen LogP contribution in [0.15, 0.2) is 48.5 Å². The highest BCUT2D eigenvalue weighted by Crippen LogP contribution is 2.26. The first-order valence-electron chi connectivity index (χ1n) is 7.05. The lowest BCUT2D eigenvalue weighted by molar-refractivity contribution is 0.681. The summed E-state index contributed by atoms with van der Waals surface area (Å²) in [5.74, 6) is 0. The molecule has 2 aromatic rings. The number of rotatable bonds is 5. The first kappa shape index (κ1) is 15.6. The Morgan fingerprint density at radius 1 is 1.10 bits per heavy atom. The Bertz CT molecular complexity index is 629. The molecule has 0 bridgehead atoms. The molecule has 0 N–H and O–H groups in total. The summed E-state index contributed by atoms with van der Waals surface area (Å²) >= 11 is 3.44. The van der Waals surface area contributed by atoms with E-state index in [0.29, 0.717) is 6.04 Å². The van der Waals surface area contributed by atoms with Gasteiger partial charge in [0.1, 0.15) is 6.07 Å². The highest BCUT2D eigenvalue weighted by atomic mass is 79.9. The number of hydrogen-bond acceptors (Lipinski definition) is 2. The predicted octanol–water partition coefficient (Wildman–Crippen LogP) is 4.87. The summed E-state index contributed by atoms with van der Waals surface area (Å²) in [5, 5.41) is 10.2. The molecule has 0 spiro atoms. The highest BCUT2D eigenvalue weighted by molar-refractivity contribution is 9.08. The van der Waals surface area contributed by atoms with Gasteiger partial charge in [0.2, 0.25) is 0 Å². The third-order valence-corrected chi connectivity index (χ3v) is 4.11. The number of nitriles is 1. The molecule has 0 fully saturated rings. The van der Waals surface area contributed by atoms with Gasteiger partial charge in [-0.3, -0.25) is 0 Å². The fourth-order valence-electron chi connectivity index (χ4n) is 2.33. The lowest BCUT2D eigenvalue weighted by Gasteiger charge is -2.30. The molecular formula is C18H19BrN2. The third kappa shape index (κ3) is 3.86. The Morgan fingerprint density at radius 2 is 1.81 bits per heavy atom. The van der Waals surface area contributed by atoms with Gasteiger partial charge in [-0.15, -0.1) is 0 Å². The fraction of sp³-hybridized carbons (Fsp3) is 0.278. The molecule has 0 aliphatic rings. The number of benzene rings is 2. The second-order valence-corrected chi connectivity index (χ2v) is 5.86. The lowest BCUT2D eigenvalue weighted by Crippen LogP contribution is -2.30. The van der Waals surface area contributed by atoms with Crippen LogP contribution >= 0.6 is 15.9 Å². The summed E-state index contributed by atoms with van der Waals surface area (Å²) in [7, 11) is 0. The quantitative estimate of drug-likeness (QED) is 0.725. The van der Waals surface area contributed by atoms with E-state index in [1.54, 1.807) is 0 Å². The summed E-state index contributed by atoms with van der Waals surface area (Å²) in [6.45, 7) is 5.12. The van der Waals surface area contributed by atoms with E-state index in [0.717, 1.165) is 28.7 Å². The van der Waals surface area contributed by atoms with Crippen LogP contribution in [0.3, 0.4) is 0 Å². The van der Waals surface area contributed by atoms with E-state index in [1.807, 2.05) is 24.3 Å². The molecule has 0 aliphatic heterocycles. The zero-order chi connectivity index (χ0) is 15.2. The zero-order valence-electron chi connectivity index (χ0n) is 12.4. The van der Waals surface area contributed by atoms with Gasteiger partial charge >= 0.3 is 0 Å². The Balaban J connectivity index is 2.37. The van der Waals surface area contributed by atoms with Crippen LogP contribution in [-0.2, 0) is 11.9 Å². The maximum atomic E-state index is 9.44. The van der Waals surface area contributed by atoms with Gasteiger partial charge in [0.05, 0.1) is 11.3 Å². The van der Waals surface area contributed by atoms with Crippen LogP contribution in [0.25, 0.3) is 0 Å². The average Bonchev–Trinajstić information content (AvgIpc) is 2.52. The number of hydrogen-bond donors (Lipinski definition) is 0. The van der Waals surface area contributed by atoms with Gasteiger partial charge in [0.25, 0.3) is 0 Å². The first-order valence-corrected chi connectivity index (χ1v) is 8.17. The van der Waals surface area contributed by atoms with E-state index in [2.05, 4.69) is 65.0 Å². The van der Waals surface area contributed by atoms with E-state index in [4.69, 9.17) is 0 Å². The summed E-state index contributed by atoms with van der Waals surface area (Å²) in [5.41, 5.74) is 4.11. The van der Waals surface area contributed by atoms with Crippen molar-refractivity contribution in [2.75, 3.05) is 4.90 Å². The smallest absolute Gasteiger partial charge is 0.101 e. The van der Waals surface area contributed by atoms with Gasteiger partial charge in [0.15, 0.2) is 0 Å². The monoisotopic (exact) mass is 342 g/mol. The minimum atomic E-state index is 0.326. The predicted molar refractivity (Wildman–Crippen MR) is 91.5 cm³/mol. The topological polar surface area (TPSA) is 27.0 Å². The molecule has 0 unspecified atom stereocenters. The van der Waals surface area contributed by atoms with E-state index in [9.17, 15) is 5.26 Å². The maximum Gasteiger partial charge on any atom is 0.101 e. The summed E-state index contributed by atoms with van der Waals surface area (Å²) in [6.07, 6.45) is 0. The molecule has 0 heterocycles. The lowest BCUT2D eigenvalue weighted by atomic mass is 10.1. The van der Waals surface area contributed by atoms with Crippen LogP contribution < -0.4 is 4.90 Å². The van der Waals surface area contributed by atoms with Crippen molar-refractivity contribution in [2.45, 2.75) is 31.8 Å². The molecule has 0 aromatic heterocycles. The SMILES string of the molecule is CC(C)N(Cc1ccccc1)c1ccc(CBr)cc1C#N. The minimum absolute atomic E-state index is 0.326. The molecule has 108 valence electrons. The Labute approximate surface area is 135 Å². The first-order chi connectivity index (χ1) is 10.2. The van der Waals surface area contributed by atoms with Crippen LogP contribution in [0, 0.1) is 11.3 Å². The zero-order valence-corrected chi connectivity index (χ0v) is 14.0. The van der Waals surface area contributed by atoms with Gasteiger partial charge in [0, 0.05) is 17.9 Å². The molecule has 0 atom stereocenters. The van der Waals surface area contributed by atoms with Crippen LogP contribution in [-0.4, -0.2) is 6.04 Å². The summed E-state index contributed by atoms with van der Waals surface area (Å²) < 4.78 is 0. The van der Waals surface area contributed by atoms with Crippen molar-refractivity contribution in [1.82, 2.24) is 0 Å². The van der Waals surface area contributed by atoms with Crippen molar-refractivity contribution in [3.63, 3.8) is 0 Å². The van der Waals surface area contributed by atoms with Crippen molar-refractivity contribution >= 4 is 21.6 Å². The van der Waals surface area contributed by atoms with Crippen LogP contribution in [0.4, 0.5) is 5.69 Å². The molecule has 0 radical (unpaired) electrons. The second kappa shape index (κ2) is 7.28. The highest BCUT2D eigenvalue weighted by Gasteiger charge is 2.15. The normalized spacial score (nSPS) is 10.4. The molecule has 21 heavy (non-hydrogen) atoms. The van der Waals surface area contributed by atoms with Crippen LogP contribution in [0.5, 0.6) is 0 Å². The summed E-state index contributed by atoms with van der Waals surface area (Å²) in [6, 6.07) is 19.1. The molecule has 0 aliphatic carbocycles. The Kier molecular flexibility index (Phi) is 5.41. The number of nitrogens with zero attached hydrogens (tertiary/aromatic N) is 2. The fourth-order valence-corrected chi connectivity index (χ4v) is 2.68. The number of alkyl halides is 1. The molecule has 0 amide bonds. The van der Waals surface area contributed by atoms with E-state index in [1.165, 1.54) is 5.56 Å². The minimum Gasteiger partial charge on any atom is -0.364 e. The average molecular weight is 343 g/mol. The Morgan fingerprint density at radius 3 is 2.38 bits per heavy atom. The van der Waals surface area contributed by atoms with Gasteiger partial charge < -0.3 is 4.90 Å². The number of halogens is 1. The standard InChI is InChI=1S/C18H19BrN2/c1-14(2)21(13-15-6-4-3-5-7-15)18-9-8-16(11-19)10-17(18)12-20/h3-10,14H,11,13H2,1-2H3. The van der Waals surface area contributed by atoms with Gasteiger partial charge in [-0.2, -0.15) is 5.26 Å². The third-order valence-electron chi connectivity index (χ3n) is 3.46. The van der Waals surface area contributed by atoms with Crippen molar-refractivity contribution < 1.29 is 0 Å². The van der Waals surface area contributed by atoms with E-state index < -0.39 is 0 Å². The molecule has 0 saturated heterocycles. The van der Waals surface area contributed by atoms with Gasteiger partial charge in [-0.05, 0) is 37.1 Å². The maximum absolute atomic E-state index is 9.44. The van der Waals surface area contributed by atoms with Gasteiger partial charge in [-0.25, -0.2) is 0 Å². The molecule has 2 nitrogen and oxygen atoms in total. The van der Waals surface area contributed by atoms with Crippen molar-refractivity contribution in [1.29, 1.82) is 5.26 Å². The van der Waals surface area contributed by atoms with E-state index in [-0.39, 0.29) is 0 Å². The summed E-state index contributed by atoms with van der Waals surface area (Å²) in [4.78, 5) is 2.27. The van der Waals surface area contributed by atoms with Crippen LogP contribution in [0.1, 0.15) is 30.5 Å². The van der Waals surface area contributed by atoms with Crippen molar-refractivity contribution in [3.8, 4) is 6.07 Å². The van der Waals surface area contributed by atoms with Crippen molar-refractivity contribution in [2.24, 2.45) is 0 Å². The van der Waals surface area contributed by atoms with E-state index >= 15 is 0 Å². The van der Waals surface area contributed by atoms with Gasteiger partial charge in [-0.1, -0.05) is 52.3 Å².